The highest BCUT2D eigenvalue weighted by Gasteiger charge is 2.37. The Kier molecular flexibility index (Phi) is 6.04. The van der Waals surface area contributed by atoms with Gasteiger partial charge in [-0.05, 0) is 23.6 Å². The van der Waals surface area contributed by atoms with Crippen LogP contribution >= 0.6 is 0 Å². The van der Waals surface area contributed by atoms with Crippen molar-refractivity contribution < 1.29 is 24.3 Å². The van der Waals surface area contributed by atoms with Gasteiger partial charge in [0, 0.05) is 11.8 Å². The van der Waals surface area contributed by atoms with Crippen molar-refractivity contribution in [2.75, 3.05) is 18.6 Å². The van der Waals surface area contributed by atoms with Gasteiger partial charge < -0.3 is 19.5 Å². The molecule has 0 radical (unpaired) electrons. The number of hydrogen-bond donors (Lipinski definition) is 1. The molecular weight excluding hydrogens is 412 g/mol. The van der Waals surface area contributed by atoms with Crippen LogP contribution in [0.2, 0.25) is 0 Å². The van der Waals surface area contributed by atoms with Crippen LogP contribution in [0.15, 0.2) is 66.7 Å². The summed E-state index contributed by atoms with van der Waals surface area (Å²) in [5.41, 5.74) is 1.90. The number of nitro benzene ring substituents is 1. The van der Waals surface area contributed by atoms with Gasteiger partial charge in [-0.2, -0.15) is 0 Å². The molecule has 0 fully saturated rings. The summed E-state index contributed by atoms with van der Waals surface area (Å²) < 4.78 is 11.1. The first-order chi connectivity index (χ1) is 15.5. The Hall–Kier alpha value is -3.91. The van der Waals surface area contributed by atoms with Crippen molar-refractivity contribution in [1.29, 1.82) is 0 Å². The largest absolute Gasteiger partial charge is 0.493 e. The molecule has 1 atom stereocenters. The summed E-state index contributed by atoms with van der Waals surface area (Å²) >= 11 is 0. The quantitative estimate of drug-likeness (QED) is 0.449. The molecule has 1 aliphatic rings. The Labute approximate surface area is 184 Å². The number of hydrogen-bond acceptors (Lipinski definition) is 6. The molecular formula is C24H22N2O6. The molecule has 32 heavy (non-hydrogen) atoms. The zero-order chi connectivity index (χ0) is 22.7. The second-order valence-corrected chi connectivity index (χ2v) is 7.40. The minimum atomic E-state index is -0.613. The second kappa shape index (κ2) is 9.07. The molecule has 1 unspecified atom stereocenters. The van der Waals surface area contributed by atoms with E-state index in [0.717, 1.165) is 11.1 Å². The average Bonchev–Trinajstić information content (AvgIpc) is 3.21. The lowest BCUT2D eigenvalue weighted by atomic mass is 10.1. The molecule has 8 heteroatoms. The number of carbonyl (C=O) groups is 1. The first-order valence-corrected chi connectivity index (χ1v) is 10.1. The molecule has 1 amide bonds. The average molecular weight is 434 g/mol. The third-order valence-electron chi connectivity index (χ3n) is 5.45. The van der Waals surface area contributed by atoms with E-state index in [1.807, 2.05) is 42.5 Å². The van der Waals surface area contributed by atoms with Gasteiger partial charge in [0.15, 0.2) is 11.5 Å². The topological polar surface area (TPSA) is 102 Å². The second-order valence-electron chi connectivity index (χ2n) is 7.40. The molecule has 1 aliphatic heterocycles. The Morgan fingerprint density at radius 3 is 2.53 bits per heavy atom. The van der Waals surface area contributed by atoms with E-state index in [1.165, 1.54) is 24.1 Å². The number of anilines is 1. The van der Waals surface area contributed by atoms with Gasteiger partial charge >= 0.3 is 0 Å². The summed E-state index contributed by atoms with van der Waals surface area (Å²) in [5.74, 6) is -0.198. The summed E-state index contributed by atoms with van der Waals surface area (Å²) in [6.45, 7) is -0.0721. The molecule has 4 rings (SSSR count). The van der Waals surface area contributed by atoms with Gasteiger partial charge in [-0.15, -0.1) is 0 Å². The molecule has 164 valence electrons. The van der Waals surface area contributed by atoms with Gasteiger partial charge in [0.05, 0.1) is 30.7 Å². The van der Waals surface area contributed by atoms with Crippen molar-refractivity contribution in [3.8, 4) is 11.5 Å². The SMILES string of the molecule is COc1cc(C(=O)N2c3ccccc3CC2CO)c([N+](=O)[O-])cc1OCc1ccccc1. The minimum Gasteiger partial charge on any atom is -0.493 e. The maximum Gasteiger partial charge on any atom is 0.286 e. The Morgan fingerprint density at radius 2 is 1.84 bits per heavy atom. The first-order valence-electron chi connectivity index (χ1n) is 10.1. The number of amides is 1. The number of benzene rings is 3. The van der Waals surface area contributed by atoms with Crippen LogP contribution in [0.1, 0.15) is 21.5 Å². The number of para-hydroxylation sites is 1. The normalized spacial score (nSPS) is 14.7. The van der Waals surface area contributed by atoms with Crippen LogP contribution in [0.3, 0.4) is 0 Å². The molecule has 1 heterocycles. The molecule has 0 saturated heterocycles. The third-order valence-corrected chi connectivity index (χ3v) is 5.45. The summed E-state index contributed by atoms with van der Waals surface area (Å²) in [6.07, 6.45) is 0.474. The van der Waals surface area contributed by atoms with Crippen molar-refractivity contribution in [3.63, 3.8) is 0 Å². The predicted molar refractivity (Wildman–Crippen MR) is 118 cm³/mol. The van der Waals surface area contributed by atoms with Crippen molar-refractivity contribution in [2.24, 2.45) is 0 Å². The molecule has 8 nitrogen and oxygen atoms in total. The molecule has 0 aliphatic carbocycles. The van der Waals surface area contributed by atoms with E-state index in [1.54, 1.807) is 12.1 Å². The van der Waals surface area contributed by atoms with Crippen LogP contribution in [0.5, 0.6) is 11.5 Å². The minimum absolute atomic E-state index is 0.130. The van der Waals surface area contributed by atoms with Crippen LogP contribution < -0.4 is 14.4 Å². The molecule has 0 spiro atoms. The van der Waals surface area contributed by atoms with Gasteiger partial charge in [0.1, 0.15) is 12.2 Å². The molecule has 3 aromatic carbocycles. The van der Waals surface area contributed by atoms with E-state index >= 15 is 0 Å². The smallest absolute Gasteiger partial charge is 0.286 e. The van der Waals surface area contributed by atoms with E-state index in [-0.39, 0.29) is 36.0 Å². The predicted octanol–water partition coefficient (Wildman–Crippen LogP) is 3.75. The van der Waals surface area contributed by atoms with Gasteiger partial charge in [0.2, 0.25) is 0 Å². The highest BCUT2D eigenvalue weighted by atomic mass is 16.6. The zero-order valence-corrected chi connectivity index (χ0v) is 17.4. The third kappa shape index (κ3) is 4.00. The fourth-order valence-electron chi connectivity index (χ4n) is 3.89. The van der Waals surface area contributed by atoms with Crippen molar-refractivity contribution in [1.82, 2.24) is 0 Å². The van der Waals surface area contributed by atoms with Crippen LogP contribution in [-0.4, -0.2) is 35.7 Å². The Morgan fingerprint density at radius 1 is 1.12 bits per heavy atom. The van der Waals surface area contributed by atoms with Gasteiger partial charge in [-0.3, -0.25) is 14.9 Å². The Balaban J connectivity index is 1.72. The summed E-state index contributed by atoms with van der Waals surface area (Å²) in [4.78, 5) is 26.1. The van der Waals surface area contributed by atoms with Crippen LogP contribution in [0.25, 0.3) is 0 Å². The van der Waals surface area contributed by atoms with Crippen molar-refractivity contribution >= 4 is 17.3 Å². The van der Waals surface area contributed by atoms with E-state index in [2.05, 4.69) is 0 Å². The molecule has 3 aromatic rings. The molecule has 0 bridgehead atoms. The van der Waals surface area contributed by atoms with E-state index in [0.29, 0.717) is 12.1 Å². The Bertz CT molecular complexity index is 1150. The number of nitrogens with zero attached hydrogens (tertiary/aromatic N) is 2. The fourth-order valence-corrected chi connectivity index (χ4v) is 3.89. The summed E-state index contributed by atoms with van der Waals surface area (Å²) in [5, 5.41) is 21.7. The number of carbonyl (C=O) groups excluding carboxylic acids is 1. The standard InChI is InChI=1S/C24H22N2O6/c1-31-22-12-19(24(28)25-18(14-27)11-17-9-5-6-10-20(17)25)21(26(29)30)13-23(22)32-15-16-7-3-2-4-8-16/h2-10,12-13,18,27H,11,14-15H2,1H3. The zero-order valence-electron chi connectivity index (χ0n) is 17.4. The number of methoxy groups -OCH3 is 1. The highest BCUT2D eigenvalue weighted by molar-refractivity contribution is 6.10. The molecule has 1 N–H and O–H groups in total. The first kappa shape index (κ1) is 21.3. The number of fused-ring (bicyclic) bond motifs is 1. The summed E-state index contributed by atoms with van der Waals surface area (Å²) in [6, 6.07) is 18.7. The van der Waals surface area contributed by atoms with Crippen molar-refractivity contribution in [2.45, 2.75) is 19.1 Å². The van der Waals surface area contributed by atoms with Crippen LogP contribution in [0.4, 0.5) is 11.4 Å². The van der Waals surface area contributed by atoms with Gasteiger partial charge in [-0.1, -0.05) is 48.5 Å². The lowest BCUT2D eigenvalue weighted by molar-refractivity contribution is -0.385. The number of ether oxygens (including phenoxy) is 2. The monoisotopic (exact) mass is 434 g/mol. The van der Waals surface area contributed by atoms with Crippen molar-refractivity contribution in [3.05, 3.63) is 93.5 Å². The van der Waals surface area contributed by atoms with E-state index in [4.69, 9.17) is 9.47 Å². The maximum absolute atomic E-state index is 13.5. The maximum atomic E-state index is 13.5. The number of aliphatic hydroxyl groups excluding tert-OH is 1. The van der Waals surface area contributed by atoms with E-state index in [9.17, 15) is 20.0 Å². The highest BCUT2D eigenvalue weighted by Crippen LogP contribution is 2.39. The lowest BCUT2D eigenvalue weighted by Crippen LogP contribution is -2.40. The lowest BCUT2D eigenvalue weighted by Gasteiger charge is -2.24. The van der Waals surface area contributed by atoms with Gasteiger partial charge in [-0.25, -0.2) is 0 Å². The molecule has 0 saturated carbocycles. The van der Waals surface area contributed by atoms with Gasteiger partial charge in [0.25, 0.3) is 11.6 Å². The molecule has 0 aromatic heterocycles. The van der Waals surface area contributed by atoms with E-state index < -0.39 is 16.9 Å². The fraction of sp³-hybridized carbons (Fsp3) is 0.208. The van der Waals surface area contributed by atoms with Crippen LogP contribution in [0, 0.1) is 10.1 Å². The number of nitro groups is 1. The number of rotatable bonds is 7. The van der Waals surface area contributed by atoms with Crippen LogP contribution in [-0.2, 0) is 13.0 Å². The summed E-state index contributed by atoms with van der Waals surface area (Å²) in [7, 11) is 1.41. The number of aliphatic hydroxyl groups is 1.